The summed E-state index contributed by atoms with van der Waals surface area (Å²) in [5.41, 5.74) is 2.22. The fourth-order valence-electron chi connectivity index (χ4n) is 3.61. The molecule has 0 unspecified atom stereocenters. The monoisotopic (exact) mass is 406 g/mol. The van der Waals surface area contributed by atoms with Crippen LogP contribution in [0.1, 0.15) is 12.8 Å². The van der Waals surface area contributed by atoms with E-state index < -0.39 is 0 Å². The number of aromatic nitrogens is 2. The van der Waals surface area contributed by atoms with Crippen LogP contribution in [-0.4, -0.2) is 36.3 Å². The third-order valence-electron chi connectivity index (χ3n) is 5.24. The highest BCUT2D eigenvalue weighted by Gasteiger charge is 2.27. The van der Waals surface area contributed by atoms with E-state index in [1.54, 1.807) is 25.3 Å². The molecule has 1 saturated heterocycles. The number of carbonyl (C=O) groups excluding carboxylic acids is 1. The van der Waals surface area contributed by atoms with Gasteiger partial charge < -0.3 is 15.0 Å². The first-order chi connectivity index (χ1) is 14.6. The van der Waals surface area contributed by atoms with Crippen molar-refractivity contribution in [1.29, 1.82) is 0 Å². The van der Waals surface area contributed by atoms with Gasteiger partial charge in [-0.25, -0.2) is 4.39 Å². The van der Waals surface area contributed by atoms with Crippen LogP contribution >= 0.6 is 0 Å². The highest BCUT2D eigenvalue weighted by molar-refractivity contribution is 5.93. The number of anilines is 2. The van der Waals surface area contributed by atoms with Crippen molar-refractivity contribution < 1.29 is 13.9 Å². The van der Waals surface area contributed by atoms with Crippen LogP contribution in [0.2, 0.25) is 0 Å². The molecule has 1 atom stereocenters. The van der Waals surface area contributed by atoms with Gasteiger partial charge in [-0.2, -0.15) is 0 Å². The lowest BCUT2D eigenvalue weighted by molar-refractivity contribution is -0.120. The Hall–Kier alpha value is -3.48. The zero-order chi connectivity index (χ0) is 20.9. The maximum atomic E-state index is 13.1. The first-order valence-electron chi connectivity index (χ1n) is 9.92. The van der Waals surface area contributed by atoms with Gasteiger partial charge in [0.1, 0.15) is 11.6 Å². The molecule has 2 heterocycles. The summed E-state index contributed by atoms with van der Waals surface area (Å²) in [6.45, 7) is 1.41. The molecule has 1 aliphatic rings. The number of hydrogen-bond donors (Lipinski definition) is 1. The molecule has 30 heavy (non-hydrogen) atoms. The van der Waals surface area contributed by atoms with Gasteiger partial charge in [-0.05, 0) is 61.4 Å². The van der Waals surface area contributed by atoms with E-state index in [9.17, 15) is 9.18 Å². The Morgan fingerprint density at radius 2 is 1.97 bits per heavy atom. The molecule has 154 valence electrons. The summed E-state index contributed by atoms with van der Waals surface area (Å²) < 4.78 is 18.3. The summed E-state index contributed by atoms with van der Waals surface area (Å²) in [6, 6.07) is 17.3. The molecule has 6 nitrogen and oxygen atoms in total. The van der Waals surface area contributed by atoms with Crippen molar-refractivity contribution in [2.45, 2.75) is 12.8 Å². The summed E-state index contributed by atoms with van der Waals surface area (Å²) in [6.07, 6.45) is 1.73. The molecule has 1 aromatic heterocycles. The first-order valence-corrected chi connectivity index (χ1v) is 9.92. The highest BCUT2D eigenvalue weighted by atomic mass is 19.1. The van der Waals surface area contributed by atoms with Crippen molar-refractivity contribution in [3.63, 3.8) is 0 Å². The predicted molar refractivity (Wildman–Crippen MR) is 114 cm³/mol. The molecule has 0 aliphatic carbocycles. The number of hydrogen-bond acceptors (Lipinski definition) is 5. The maximum Gasteiger partial charge on any atom is 0.229 e. The zero-order valence-corrected chi connectivity index (χ0v) is 16.7. The fraction of sp³-hybridized carbons (Fsp3) is 0.261. The second kappa shape index (κ2) is 8.90. The Kier molecular flexibility index (Phi) is 5.88. The van der Waals surface area contributed by atoms with Gasteiger partial charge in [0.2, 0.25) is 5.91 Å². The summed E-state index contributed by atoms with van der Waals surface area (Å²) in [4.78, 5) is 14.8. The summed E-state index contributed by atoms with van der Waals surface area (Å²) in [5.74, 6) is 1.01. The number of methoxy groups -OCH3 is 1. The standard InChI is InChI=1S/C23H23FN4O2/c1-30-20-6-2-5-19(14-20)25-23(29)17-4-3-13-28(15-17)22-12-11-21(26-27-22)16-7-9-18(24)10-8-16/h2,5-12,14,17H,3-4,13,15H2,1H3,(H,25,29)/t17-/m0/s1. The lowest BCUT2D eigenvalue weighted by Crippen LogP contribution is -2.41. The van der Waals surface area contributed by atoms with Gasteiger partial charge in [-0.3, -0.25) is 4.79 Å². The molecule has 1 fully saturated rings. The van der Waals surface area contributed by atoms with Gasteiger partial charge in [0.15, 0.2) is 5.82 Å². The fourth-order valence-corrected chi connectivity index (χ4v) is 3.61. The van der Waals surface area contributed by atoms with Crippen LogP contribution in [0.25, 0.3) is 11.3 Å². The van der Waals surface area contributed by atoms with Crippen molar-refractivity contribution in [2.75, 3.05) is 30.4 Å². The van der Waals surface area contributed by atoms with Crippen molar-refractivity contribution in [1.82, 2.24) is 10.2 Å². The van der Waals surface area contributed by atoms with Gasteiger partial charge in [0.25, 0.3) is 0 Å². The molecule has 2 aromatic carbocycles. The maximum absolute atomic E-state index is 13.1. The number of nitrogens with zero attached hydrogens (tertiary/aromatic N) is 3. The lowest BCUT2D eigenvalue weighted by Gasteiger charge is -2.32. The van der Waals surface area contributed by atoms with Crippen molar-refractivity contribution in [2.24, 2.45) is 5.92 Å². The Labute approximate surface area is 174 Å². The first kappa shape index (κ1) is 19.8. The second-order valence-electron chi connectivity index (χ2n) is 7.29. The average molecular weight is 406 g/mol. The lowest BCUT2D eigenvalue weighted by atomic mass is 9.97. The zero-order valence-electron chi connectivity index (χ0n) is 16.7. The van der Waals surface area contributed by atoms with Gasteiger partial charge in [0.05, 0.1) is 18.7 Å². The molecule has 1 aliphatic heterocycles. The van der Waals surface area contributed by atoms with Crippen molar-refractivity contribution in [3.05, 3.63) is 66.5 Å². The van der Waals surface area contributed by atoms with Gasteiger partial charge in [-0.1, -0.05) is 6.07 Å². The summed E-state index contributed by atoms with van der Waals surface area (Å²) in [5, 5.41) is 11.6. The van der Waals surface area contributed by atoms with Gasteiger partial charge in [-0.15, -0.1) is 10.2 Å². The smallest absolute Gasteiger partial charge is 0.229 e. The van der Waals surface area contributed by atoms with E-state index in [0.29, 0.717) is 18.0 Å². The summed E-state index contributed by atoms with van der Waals surface area (Å²) in [7, 11) is 1.60. The minimum atomic E-state index is -0.282. The molecule has 0 radical (unpaired) electrons. The second-order valence-corrected chi connectivity index (χ2v) is 7.29. The van der Waals surface area contributed by atoms with E-state index >= 15 is 0 Å². The Bertz CT molecular complexity index is 1010. The molecule has 1 amide bonds. The number of ether oxygens (including phenoxy) is 1. The van der Waals surface area contributed by atoms with Crippen LogP contribution in [0.3, 0.4) is 0 Å². The van der Waals surface area contributed by atoms with Crippen molar-refractivity contribution >= 4 is 17.4 Å². The summed E-state index contributed by atoms with van der Waals surface area (Å²) >= 11 is 0. The number of carbonyl (C=O) groups is 1. The van der Waals surface area contributed by atoms with Crippen LogP contribution in [0, 0.1) is 11.7 Å². The average Bonchev–Trinajstić information content (AvgIpc) is 2.80. The van der Waals surface area contributed by atoms with Crippen LogP contribution in [0.5, 0.6) is 5.75 Å². The molecule has 3 aromatic rings. The third kappa shape index (κ3) is 4.56. The number of rotatable bonds is 5. The minimum absolute atomic E-state index is 0.0103. The van der Waals surface area contributed by atoms with E-state index in [0.717, 1.165) is 36.5 Å². The molecule has 0 bridgehead atoms. The third-order valence-corrected chi connectivity index (χ3v) is 5.24. The minimum Gasteiger partial charge on any atom is -0.497 e. The van der Waals surface area contributed by atoms with Crippen LogP contribution in [0.4, 0.5) is 15.9 Å². The quantitative estimate of drug-likeness (QED) is 0.690. The van der Waals surface area contributed by atoms with E-state index in [-0.39, 0.29) is 17.6 Å². The number of benzene rings is 2. The molecule has 1 N–H and O–H groups in total. The molecule has 4 rings (SSSR count). The SMILES string of the molecule is COc1cccc(NC(=O)[C@H]2CCCN(c3ccc(-c4ccc(F)cc4)nn3)C2)c1. The predicted octanol–water partition coefficient (Wildman–Crippen LogP) is 4.15. The van der Waals surface area contributed by atoms with Gasteiger partial charge >= 0.3 is 0 Å². The number of halogens is 1. The Balaban J connectivity index is 1.41. The van der Waals surface area contributed by atoms with E-state index in [1.165, 1.54) is 12.1 Å². The van der Waals surface area contributed by atoms with Crippen LogP contribution < -0.4 is 15.0 Å². The number of piperidine rings is 1. The topological polar surface area (TPSA) is 67.3 Å². The Morgan fingerprint density at radius 1 is 1.13 bits per heavy atom. The van der Waals surface area contributed by atoms with E-state index in [4.69, 9.17) is 4.74 Å². The van der Waals surface area contributed by atoms with Crippen molar-refractivity contribution in [3.8, 4) is 17.0 Å². The number of nitrogens with one attached hydrogen (secondary N) is 1. The molecular weight excluding hydrogens is 383 g/mol. The molecular formula is C23H23FN4O2. The normalized spacial score (nSPS) is 16.2. The van der Waals surface area contributed by atoms with Crippen LogP contribution in [0.15, 0.2) is 60.7 Å². The molecule has 0 saturated carbocycles. The Morgan fingerprint density at radius 3 is 2.70 bits per heavy atom. The largest absolute Gasteiger partial charge is 0.497 e. The molecule has 0 spiro atoms. The highest BCUT2D eigenvalue weighted by Crippen LogP contribution is 2.25. The molecule has 7 heteroatoms. The van der Waals surface area contributed by atoms with E-state index in [1.807, 2.05) is 30.3 Å². The van der Waals surface area contributed by atoms with E-state index in [2.05, 4.69) is 20.4 Å². The van der Waals surface area contributed by atoms with Crippen LogP contribution in [-0.2, 0) is 4.79 Å². The van der Waals surface area contributed by atoms with Gasteiger partial charge in [0, 0.05) is 30.4 Å². The number of amides is 1.